The Balaban J connectivity index is 2.79. The van der Waals surface area contributed by atoms with Crippen LogP contribution in [0.2, 0.25) is 0 Å². The lowest BCUT2D eigenvalue weighted by Gasteiger charge is -2.03. The zero-order chi connectivity index (χ0) is 9.26. The number of nitrogen functional groups attached to an aromatic ring is 1. The van der Waals surface area contributed by atoms with E-state index in [1.165, 1.54) is 6.33 Å². The van der Waals surface area contributed by atoms with Gasteiger partial charge in [0.2, 0.25) is 0 Å². The molecular formula is C8H7IN4. The smallest absolute Gasteiger partial charge is 0.151 e. The molecule has 0 bridgehead atoms. The third-order valence-electron chi connectivity index (χ3n) is 1.73. The largest absolute Gasteiger partial charge is 0.308 e. The number of anilines is 1. The normalized spacial score (nSPS) is 10.3. The maximum Gasteiger partial charge on any atom is 0.151 e. The second-order valence-electron chi connectivity index (χ2n) is 2.53. The molecule has 0 fully saturated rings. The van der Waals surface area contributed by atoms with E-state index in [-0.39, 0.29) is 0 Å². The van der Waals surface area contributed by atoms with Crippen molar-refractivity contribution < 1.29 is 0 Å². The Labute approximate surface area is 88.7 Å². The van der Waals surface area contributed by atoms with Crippen LogP contribution in [0.1, 0.15) is 0 Å². The fourth-order valence-electron chi connectivity index (χ4n) is 1.14. The van der Waals surface area contributed by atoms with Crippen LogP contribution in [0.25, 0.3) is 10.9 Å². The van der Waals surface area contributed by atoms with Crippen LogP contribution in [0, 0.1) is 3.57 Å². The van der Waals surface area contributed by atoms with E-state index in [9.17, 15) is 0 Å². The number of nitrogens with zero attached hydrogens (tertiary/aromatic N) is 2. The summed E-state index contributed by atoms with van der Waals surface area (Å²) in [6, 6.07) is 5.93. The van der Waals surface area contributed by atoms with E-state index >= 15 is 0 Å². The van der Waals surface area contributed by atoms with Crippen LogP contribution in [0.4, 0.5) is 5.82 Å². The Hall–Kier alpha value is -0.950. The summed E-state index contributed by atoms with van der Waals surface area (Å²) in [7, 11) is 0. The van der Waals surface area contributed by atoms with Crippen molar-refractivity contribution in [3.05, 3.63) is 28.1 Å². The quantitative estimate of drug-likeness (QED) is 0.474. The van der Waals surface area contributed by atoms with Crippen molar-refractivity contribution in [2.75, 3.05) is 5.43 Å². The maximum absolute atomic E-state index is 5.32. The van der Waals surface area contributed by atoms with Gasteiger partial charge >= 0.3 is 0 Å². The summed E-state index contributed by atoms with van der Waals surface area (Å²) in [5, 5.41) is 0.942. The summed E-state index contributed by atoms with van der Waals surface area (Å²) < 4.78 is 1.14. The Morgan fingerprint density at radius 3 is 2.92 bits per heavy atom. The Bertz CT molecular complexity index is 443. The average molecular weight is 286 g/mol. The third-order valence-corrected chi connectivity index (χ3v) is 2.41. The lowest BCUT2D eigenvalue weighted by Crippen LogP contribution is -2.09. The van der Waals surface area contributed by atoms with E-state index < -0.39 is 0 Å². The van der Waals surface area contributed by atoms with Crippen LogP contribution < -0.4 is 11.3 Å². The molecule has 2 rings (SSSR count). The molecule has 5 heteroatoms. The molecule has 0 amide bonds. The number of nitrogens with two attached hydrogens (primary N) is 1. The molecule has 0 saturated carbocycles. The highest BCUT2D eigenvalue weighted by Gasteiger charge is 2.01. The molecule has 0 atom stereocenters. The van der Waals surface area contributed by atoms with E-state index in [1.807, 2.05) is 18.2 Å². The second kappa shape index (κ2) is 3.43. The number of hydrazine groups is 1. The van der Waals surface area contributed by atoms with Gasteiger partial charge in [0.15, 0.2) is 5.82 Å². The molecule has 13 heavy (non-hydrogen) atoms. The summed E-state index contributed by atoms with van der Waals surface area (Å²) >= 11 is 2.24. The van der Waals surface area contributed by atoms with E-state index in [0.717, 1.165) is 14.5 Å². The summed E-state index contributed by atoms with van der Waals surface area (Å²) in [5.74, 6) is 5.98. The van der Waals surface area contributed by atoms with Crippen LogP contribution in [-0.4, -0.2) is 9.97 Å². The first-order valence-electron chi connectivity index (χ1n) is 3.68. The van der Waals surface area contributed by atoms with Crippen molar-refractivity contribution in [1.82, 2.24) is 9.97 Å². The van der Waals surface area contributed by atoms with Crippen LogP contribution >= 0.6 is 22.6 Å². The molecule has 0 aliphatic heterocycles. The molecule has 0 radical (unpaired) electrons. The first-order valence-corrected chi connectivity index (χ1v) is 4.76. The summed E-state index contributed by atoms with van der Waals surface area (Å²) in [6.07, 6.45) is 1.49. The summed E-state index contributed by atoms with van der Waals surface area (Å²) in [4.78, 5) is 8.14. The van der Waals surface area contributed by atoms with Crippen molar-refractivity contribution in [2.24, 2.45) is 5.84 Å². The number of hydrogen-bond acceptors (Lipinski definition) is 4. The first-order chi connectivity index (χ1) is 6.31. The molecule has 0 aliphatic carbocycles. The molecule has 3 N–H and O–H groups in total. The number of nitrogens with one attached hydrogen (secondary N) is 1. The minimum Gasteiger partial charge on any atom is -0.308 e. The summed E-state index contributed by atoms with van der Waals surface area (Å²) in [6.45, 7) is 0. The van der Waals surface area contributed by atoms with Crippen LogP contribution in [0.3, 0.4) is 0 Å². The monoisotopic (exact) mass is 286 g/mol. The van der Waals surface area contributed by atoms with Gasteiger partial charge in [0, 0.05) is 8.96 Å². The minimum atomic E-state index is 0.656. The fraction of sp³-hybridized carbons (Fsp3) is 0. The molecule has 0 aliphatic rings. The van der Waals surface area contributed by atoms with Crippen LogP contribution in [-0.2, 0) is 0 Å². The molecule has 0 unspecified atom stereocenters. The molecule has 0 spiro atoms. The van der Waals surface area contributed by atoms with Crippen LogP contribution in [0.5, 0.6) is 0 Å². The zero-order valence-electron chi connectivity index (χ0n) is 6.66. The van der Waals surface area contributed by atoms with Gasteiger partial charge in [-0.1, -0.05) is 0 Å². The highest BCUT2D eigenvalue weighted by atomic mass is 127. The lowest BCUT2D eigenvalue weighted by molar-refractivity contribution is 1.18. The molecule has 1 heterocycles. The van der Waals surface area contributed by atoms with Gasteiger partial charge in [0.25, 0.3) is 0 Å². The number of fused-ring (bicyclic) bond motifs is 1. The van der Waals surface area contributed by atoms with Crippen molar-refractivity contribution >= 4 is 39.3 Å². The molecule has 1 aromatic heterocycles. The molecule has 66 valence electrons. The number of hydrogen-bond donors (Lipinski definition) is 2. The lowest BCUT2D eigenvalue weighted by atomic mass is 10.2. The predicted molar refractivity (Wildman–Crippen MR) is 60.1 cm³/mol. The molecule has 0 saturated heterocycles. The maximum atomic E-state index is 5.32. The summed E-state index contributed by atoms with van der Waals surface area (Å²) in [5.41, 5.74) is 3.43. The highest BCUT2D eigenvalue weighted by molar-refractivity contribution is 14.1. The van der Waals surface area contributed by atoms with Gasteiger partial charge in [0.1, 0.15) is 6.33 Å². The number of rotatable bonds is 1. The molecule has 1 aromatic carbocycles. The Morgan fingerprint density at radius 1 is 1.31 bits per heavy atom. The van der Waals surface area contributed by atoms with Gasteiger partial charge in [-0.3, -0.25) is 0 Å². The standard InChI is InChI=1S/C8H7IN4/c9-5-1-2-7-6(3-5)8(13-10)12-4-11-7/h1-4H,10H2,(H,11,12,13). The van der Waals surface area contributed by atoms with Crippen LogP contribution in [0.15, 0.2) is 24.5 Å². The minimum absolute atomic E-state index is 0.656. The van der Waals surface area contributed by atoms with E-state index in [4.69, 9.17) is 5.84 Å². The van der Waals surface area contributed by atoms with Gasteiger partial charge in [0.05, 0.1) is 5.52 Å². The van der Waals surface area contributed by atoms with Crippen molar-refractivity contribution in [1.29, 1.82) is 0 Å². The third kappa shape index (κ3) is 1.56. The highest BCUT2D eigenvalue weighted by Crippen LogP contribution is 2.20. The van der Waals surface area contributed by atoms with Crippen molar-refractivity contribution in [3.8, 4) is 0 Å². The molecular weight excluding hydrogens is 279 g/mol. The SMILES string of the molecule is NNc1ncnc2ccc(I)cc12. The topological polar surface area (TPSA) is 63.8 Å². The van der Waals surface area contributed by atoms with Gasteiger partial charge in [-0.25, -0.2) is 15.8 Å². The van der Waals surface area contributed by atoms with Crippen molar-refractivity contribution in [3.63, 3.8) is 0 Å². The second-order valence-corrected chi connectivity index (χ2v) is 3.77. The number of halogens is 1. The van der Waals surface area contributed by atoms with E-state index in [1.54, 1.807) is 0 Å². The van der Waals surface area contributed by atoms with E-state index in [0.29, 0.717) is 5.82 Å². The number of benzene rings is 1. The van der Waals surface area contributed by atoms with E-state index in [2.05, 4.69) is 38.0 Å². The number of aromatic nitrogens is 2. The first kappa shape index (κ1) is 8.64. The van der Waals surface area contributed by atoms with Crippen molar-refractivity contribution in [2.45, 2.75) is 0 Å². The Kier molecular flexibility index (Phi) is 2.28. The zero-order valence-corrected chi connectivity index (χ0v) is 8.82. The average Bonchev–Trinajstić information content (AvgIpc) is 2.17. The van der Waals surface area contributed by atoms with Gasteiger partial charge in [-0.05, 0) is 40.8 Å². The Morgan fingerprint density at radius 2 is 2.15 bits per heavy atom. The van der Waals surface area contributed by atoms with Gasteiger partial charge in [-0.2, -0.15) is 0 Å². The van der Waals surface area contributed by atoms with Gasteiger partial charge < -0.3 is 5.43 Å². The predicted octanol–water partition coefficient (Wildman–Crippen LogP) is 1.52. The van der Waals surface area contributed by atoms with Gasteiger partial charge in [-0.15, -0.1) is 0 Å². The molecule has 4 nitrogen and oxygen atoms in total. The molecule has 2 aromatic rings. The fourth-order valence-corrected chi connectivity index (χ4v) is 1.64.